The molecule has 25 heteroatoms. The number of aromatic nitrogens is 2. The van der Waals surface area contributed by atoms with Crippen LogP contribution in [-0.4, -0.2) is 83.9 Å². The summed E-state index contributed by atoms with van der Waals surface area (Å²) in [7, 11) is -9.95. The first-order chi connectivity index (χ1) is 34.7. The molecule has 0 saturated heterocycles. The molecule has 0 unspecified atom stereocenters. The number of ketones is 1. The van der Waals surface area contributed by atoms with Gasteiger partial charge in [0, 0.05) is 29.8 Å². The van der Waals surface area contributed by atoms with Gasteiger partial charge in [-0.3, -0.25) is 28.2 Å². The maximum absolute atomic E-state index is 13.3. The van der Waals surface area contributed by atoms with Crippen LogP contribution in [0.3, 0.4) is 0 Å². The predicted molar refractivity (Wildman–Crippen MR) is 265 cm³/mol. The molecule has 0 radical (unpaired) electrons. The number of phenols is 4. The van der Waals surface area contributed by atoms with Gasteiger partial charge in [-0.1, -0.05) is 60.6 Å². The van der Waals surface area contributed by atoms with E-state index in [1.165, 1.54) is 16.7 Å². The first-order valence-corrected chi connectivity index (χ1v) is 24.6. The van der Waals surface area contributed by atoms with E-state index in [0.717, 1.165) is 84.7 Å². The molecule has 0 fully saturated rings. The number of rotatable bonds is 15. The van der Waals surface area contributed by atoms with E-state index in [9.17, 15) is 80.6 Å². The molecule has 5 aromatic carbocycles. The maximum Gasteiger partial charge on any atom is 0.338 e. The molecular formula is C49H44N6O17S2. The van der Waals surface area contributed by atoms with Crippen LogP contribution in [0.5, 0.6) is 23.0 Å². The van der Waals surface area contributed by atoms with Crippen LogP contribution in [0.25, 0.3) is 12.2 Å². The van der Waals surface area contributed by atoms with Crippen LogP contribution >= 0.6 is 0 Å². The number of carbonyl (C=O) groups is 3. The van der Waals surface area contributed by atoms with Crippen molar-refractivity contribution in [2.75, 3.05) is 0 Å². The van der Waals surface area contributed by atoms with Gasteiger partial charge in [0.15, 0.2) is 0 Å². The van der Waals surface area contributed by atoms with E-state index in [0.29, 0.717) is 24.1 Å². The fourth-order valence-corrected chi connectivity index (χ4v) is 9.14. The van der Waals surface area contributed by atoms with E-state index in [4.69, 9.17) is 0 Å². The number of hydrogen-bond acceptors (Lipinski definition) is 17. The highest BCUT2D eigenvalue weighted by Crippen LogP contribution is 2.38. The van der Waals surface area contributed by atoms with Crippen molar-refractivity contribution in [3.8, 4) is 23.0 Å². The highest BCUT2D eigenvalue weighted by molar-refractivity contribution is 7.86. The van der Waals surface area contributed by atoms with Crippen molar-refractivity contribution < 1.29 is 71.0 Å². The molecule has 0 amide bonds. The van der Waals surface area contributed by atoms with Crippen LogP contribution < -0.4 is 11.2 Å². The Balaban J connectivity index is 0.000000287. The zero-order valence-electron chi connectivity index (χ0n) is 39.0. The number of aromatic amines is 1. The molecule has 74 heavy (non-hydrogen) atoms. The number of carboxylic acids is 2. The molecule has 384 valence electrons. The van der Waals surface area contributed by atoms with Gasteiger partial charge in [-0.2, -0.15) is 27.1 Å². The van der Waals surface area contributed by atoms with E-state index >= 15 is 0 Å². The molecule has 1 heterocycles. The van der Waals surface area contributed by atoms with E-state index in [2.05, 4.69) is 37.6 Å². The Labute approximate surface area is 419 Å². The second kappa shape index (κ2) is 22.2. The number of H-pyrrole nitrogens is 1. The number of hydrogen-bond donors (Lipinski definition) is 9. The SMILES string of the molecule is CCc1c(C(=O)c2cc(C)cc(C)c2)n(CC2CC=CC2)c(=O)[nH]c1=O.O=C(O)c1cc(O)cc(O)c1N=Nc1ccc(/C=C/c2ccc(N=Nc3c(O)cc(O)cc3C(=O)O)cc2S(=O)(=O)O)c(S(=O)(=O)O)c1. The largest absolute Gasteiger partial charge is 0.508 e. The zero-order chi connectivity index (χ0) is 54.4. The quantitative estimate of drug-likeness (QED) is 0.0153. The van der Waals surface area contributed by atoms with Crippen LogP contribution in [0, 0.1) is 19.8 Å². The van der Waals surface area contributed by atoms with Gasteiger partial charge in [0.2, 0.25) is 5.78 Å². The van der Waals surface area contributed by atoms with Crippen LogP contribution in [0.15, 0.2) is 131 Å². The van der Waals surface area contributed by atoms with Crippen molar-refractivity contribution >= 4 is 72.9 Å². The number of nitrogens with zero attached hydrogens (tertiary/aromatic N) is 5. The van der Waals surface area contributed by atoms with Crippen LogP contribution in [0.4, 0.5) is 22.7 Å². The number of carboxylic acid groups (broad SMARTS) is 2. The first kappa shape index (κ1) is 54.4. The summed E-state index contributed by atoms with van der Waals surface area (Å²) >= 11 is 0. The van der Waals surface area contributed by atoms with Gasteiger partial charge in [0.05, 0.1) is 22.5 Å². The second-order valence-electron chi connectivity index (χ2n) is 16.5. The summed E-state index contributed by atoms with van der Waals surface area (Å²) in [6, 6.07) is 15.0. The molecule has 1 aliphatic carbocycles. The predicted octanol–water partition coefficient (Wildman–Crippen LogP) is 8.31. The average Bonchev–Trinajstić information content (AvgIpc) is 3.83. The molecule has 9 N–H and O–H groups in total. The van der Waals surface area contributed by atoms with E-state index in [1.807, 2.05) is 39.0 Å². The normalized spacial score (nSPS) is 12.9. The highest BCUT2D eigenvalue weighted by atomic mass is 32.2. The van der Waals surface area contributed by atoms with Crippen LogP contribution in [0.1, 0.15) is 84.4 Å². The van der Waals surface area contributed by atoms with Crippen LogP contribution in [-0.2, 0) is 33.2 Å². The summed E-state index contributed by atoms with van der Waals surface area (Å²) in [5, 5.41) is 72.3. The van der Waals surface area contributed by atoms with Crippen molar-refractivity contribution in [1.82, 2.24) is 9.55 Å². The number of allylic oxidation sites excluding steroid dienone is 2. The topological polar surface area (TPSA) is 386 Å². The summed E-state index contributed by atoms with van der Waals surface area (Å²) in [6.07, 6.45) is 8.44. The molecule has 0 spiro atoms. The Bertz CT molecular complexity index is 3560. The third kappa shape index (κ3) is 12.9. The Morgan fingerprint density at radius 2 is 1.11 bits per heavy atom. The molecule has 7 rings (SSSR count). The number of carbonyl (C=O) groups excluding carboxylic acids is 1. The summed E-state index contributed by atoms with van der Waals surface area (Å²) in [5.41, 5.74) is -1.22. The minimum absolute atomic E-state index is 0.218. The number of azo groups is 2. The minimum atomic E-state index is -4.98. The lowest BCUT2D eigenvalue weighted by Crippen LogP contribution is -2.38. The molecule has 0 aliphatic heterocycles. The zero-order valence-corrected chi connectivity index (χ0v) is 40.7. The number of benzene rings is 5. The number of nitrogens with one attached hydrogen (secondary N) is 1. The van der Waals surface area contributed by atoms with Crippen LogP contribution in [0.2, 0.25) is 0 Å². The minimum Gasteiger partial charge on any atom is -0.508 e. The smallest absolute Gasteiger partial charge is 0.338 e. The lowest BCUT2D eigenvalue weighted by molar-refractivity contribution is 0.0686. The van der Waals surface area contributed by atoms with Gasteiger partial charge in [0.25, 0.3) is 25.8 Å². The Hall–Kier alpha value is -8.91. The Morgan fingerprint density at radius 3 is 1.51 bits per heavy atom. The van der Waals surface area contributed by atoms with Gasteiger partial charge in [-0.15, -0.1) is 10.2 Å². The number of aromatic carboxylic acids is 2. The summed E-state index contributed by atoms with van der Waals surface area (Å²) in [5.74, 6) is -5.79. The van der Waals surface area contributed by atoms with Crippen molar-refractivity contribution in [2.24, 2.45) is 26.4 Å². The van der Waals surface area contributed by atoms with E-state index in [1.54, 1.807) is 0 Å². The third-order valence-corrected chi connectivity index (χ3v) is 12.8. The average molecular weight is 1050 g/mol. The number of phenolic OH excluding ortho intramolecular Hbond substituents is 4. The monoisotopic (exact) mass is 1050 g/mol. The van der Waals surface area contributed by atoms with E-state index in [-0.39, 0.29) is 39.9 Å². The fourth-order valence-electron chi connectivity index (χ4n) is 7.73. The third-order valence-electron chi connectivity index (χ3n) is 11.0. The van der Waals surface area contributed by atoms with Gasteiger partial charge < -0.3 is 30.6 Å². The van der Waals surface area contributed by atoms with Gasteiger partial charge in [-0.25, -0.2) is 14.4 Å². The van der Waals surface area contributed by atoms with Crippen molar-refractivity contribution in [1.29, 1.82) is 0 Å². The van der Waals surface area contributed by atoms with E-state index < -0.39 is 98.7 Å². The van der Waals surface area contributed by atoms with Crippen molar-refractivity contribution in [3.63, 3.8) is 0 Å². The standard InChI is InChI=1S/C28H20N4O14S2.C21H24N2O3/c33-17-9-19(27(37)38)25(21(35)11-17)31-29-15-5-3-13(23(7-15)47(41,42)43)1-2-14-4-6-16(8-24(14)48(44,45)46)30-32-26-20(28(39)40)10-18(34)12-22(26)36;1-4-17-18(19(24)16-10-13(2)9-14(3)11-16)23(21(26)22-20(17)25)12-15-7-5-6-8-15/h1-12,33-36H,(H,37,38)(H,39,40)(H,41,42,43)(H,44,45,46);5-6,9-11,15H,4,7-8,12H2,1-3H3,(H,22,25,26)/b2-1+,31-29?,32-30?;. The number of aromatic hydroxyl groups is 4. The molecule has 0 saturated carbocycles. The highest BCUT2D eigenvalue weighted by Gasteiger charge is 2.25. The van der Waals surface area contributed by atoms with Gasteiger partial charge in [0.1, 0.15) is 49.9 Å². The maximum atomic E-state index is 13.3. The molecular weight excluding hydrogens is 1010 g/mol. The first-order valence-electron chi connectivity index (χ1n) is 21.7. The molecule has 6 aromatic rings. The Morgan fingerprint density at radius 1 is 0.662 bits per heavy atom. The Kier molecular flexibility index (Phi) is 16.4. The molecule has 0 bridgehead atoms. The number of aryl methyl sites for hydroxylation is 2. The lowest BCUT2D eigenvalue weighted by atomic mass is 9.98. The summed E-state index contributed by atoms with van der Waals surface area (Å²) in [6.45, 7) is 6.12. The van der Waals surface area contributed by atoms with Gasteiger partial charge >= 0.3 is 17.6 Å². The summed E-state index contributed by atoms with van der Waals surface area (Å²) in [4.78, 5) is 61.9. The fraction of sp³-hybridized carbons (Fsp3) is 0.163. The van der Waals surface area contributed by atoms with Crippen molar-refractivity contribution in [3.05, 3.63) is 162 Å². The molecule has 23 nitrogen and oxygen atoms in total. The molecule has 1 aliphatic rings. The summed E-state index contributed by atoms with van der Waals surface area (Å²) < 4.78 is 69.8. The lowest BCUT2D eigenvalue weighted by Gasteiger charge is -2.18. The molecule has 0 atom stereocenters. The second-order valence-corrected chi connectivity index (χ2v) is 19.3. The van der Waals surface area contributed by atoms with Crippen molar-refractivity contribution in [2.45, 2.75) is 56.4 Å². The van der Waals surface area contributed by atoms with Gasteiger partial charge in [-0.05, 0) is 98.7 Å². The molecule has 1 aromatic heterocycles.